The van der Waals surface area contributed by atoms with Crippen molar-refractivity contribution in [3.63, 3.8) is 0 Å². The maximum Gasteiger partial charge on any atom is 0.152 e. The zero-order chi connectivity index (χ0) is 19.2. The third-order valence-corrected chi connectivity index (χ3v) is 5.05. The molecule has 0 unspecified atom stereocenters. The molecule has 1 fully saturated rings. The number of aryl methyl sites for hydroxylation is 2. The Kier molecular flexibility index (Phi) is 5.77. The number of piperidine rings is 1. The fourth-order valence-corrected chi connectivity index (χ4v) is 3.38. The van der Waals surface area contributed by atoms with Crippen molar-refractivity contribution in [1.82, 2.24) is 24.7 Å². The SMILES string of the molecule is OC1CCN(c2cc(NCc3nncn3CCc3ccccc3)ncn2)CC1. The molecule has 3 aromatic rings. The molecule has 0 amide bonds. The van der Waals surface area contributed by atoms with E-state index in [9.17, 15) is 5.11 Å². The molecule has 4 rings (SSSR count). The molecule has 1 aromatic carbocycles. The van der Waals surface area contributed by atoms with E-state index in [-0.39, 0.29) is 6.10 Å². The summed E-state index contributed by atoms with van der Waals surface area (Å²) in [4.78, 5) is 10.9. The molecule has 2 N–H and O–H groups in total. The zero-order valence-electron chi connectivity index (χ0n) is 15.8. The molecule has 8 nitrogen and oxygen atoms in total. The number of hydrogen-bond donors (Lipinski definition) is 2. The number of hydrogen-bond acceptors (Lipinski definition) is 7. The third kappa shape index (κ3) is 4.64. The minimum absolute atomic E-state index is 0.196. The lowest BCUT2D eigenvalue weighted by atomic mass is 10.1. The summed E-state index contributed by atoms with van der Waals surface area (Å²) >= 11 is 0. The lowest BCUT2D eigenvalue weighted by Gasteiger charge is -2.30. The first-order valence-electron chi connectivity index (χ1n) is 9.67. The standard InChI is InChI=1S/C20H25N7O/c28-17-7-10-26(11-8-17)19-12-18(22-14-23-19)21-13-20-25-24-15-27(20)9-6-16-4-2-1-3-5-16/h1-5,12,14-15,17,28H,6-11,13H2,(H,21,22,23). The van der Waals surface area contributed by atoms with Gasteiger partial charge in [-0.3, -0.25) is 0 Å². The Morgan fingerprint density at radius 2 is 1.93 bits per heavy atom. The number of aliphatic hydroxyl groups excluding tert-OH is 1. The molecule has 8 heteroatoms. The van der Waals surface area contributed by atoms with Crippen LogP contribution in [0.5, 0.6) is 0 Å². The summed E-state index contributed by atoms with van der Waals surface area (Å²) in [5.41, 5.74) is 1.29. The van der Waals surface area contributed by atoms with Crippen LogP contribution in [0.3, 0.4) is 0 Å². The Labute approximate surface area is 164 Å². The van der Waals surface area contributed by atoms with Crippen molar-refractivity contribution in [2.24, 2.45) is 0 Å². The largest absolute Gasteiger partial charge is 0.393 e. The molecule has 0 radical (unpaired) electrons. The third-order valence-electron chi connectivity index (χ3n) is 5.05. The Morgan fingerprint density at radius 1 is 1.11 bits per heavy atom. The van der Waals surface area contributed by atoms with Crippen LogP contribution in [0.15, 0.2) is 49.1 Å². The molecule has 0 saturated carbocycles. The highest BCUT2D eigenvalue weighted by molar-refractivity contribution is 5.48. The van der Waals surface area contributed by atoms with E-state index in [1.807, 2.05) is 12.1 Å². The van der Waals surface area contributed by atoms with Crippen LogP contribution in [0.25, 0.3) is 0 Å². The summed E-state index contributed by atoms with van der Waals surface area (Å²) in [6.07, 6.45) is 5.63. The van der Waals surface area contributed by atoms with Crippen molar-refractivity contribution in [2.45, 2.75) is 38.5 Å². The second-order valence-electron chi connectivity index (χ2n) is 7.01. The molecule has 0 aliphatic carbocycles. The van der Waals surface area contributed by atoms with Crippen molar-refractivity contribution in [3.8, 4) is 0 Å². The smallest absolute Gasteiger partial charge is 0.152 e. The van der Waals surface area contributed by atoms with Gasteiger partial charge in [0.25, 0.3) is 0 Å². The fraction of sp³-hybridized carbons (Fsp3) is 0.400. The normalized spacial score (nSPS) is 15.0. The van der Waals surface area contributed by atoms with Gasteiger partial charge in [-0.1, -0.05) is 30.3 Å². The van der Waals surface area contributed by atoms with Crippen LogP contribution in [-0.2, 0) is 19.5 Å². The molecule has 0 spiro atoms. The number of aliphatic hydroxyl groups is 1. The van der Waals surface area contributed by atoms with E-state index < -0.39 is 0 Å². The first kappa shape index (κ1) is 18.4. The molecule has 1 saturated heterocycles. The van der Waals surface area contributed by atoms with Crippen molar-refractivity contribution in [3.05, 3.63) is 60.4 Å². The van der Waals surface area contributed by atoms with Gasteiger partial charge in [0.05, 0.1) is 12.6 Å². The Bertz CT molecular complexity index is 875. The second-order valence-corrected chi connectivity index (χ2v) is 7.01. The van der Waals surface area contributed by atoms with E-state index in [4.69, 9.17) is 0 Å². The summed E-state index contributed by atoms with van der Waals surface area (Å²) in [6.45, 7) is 3.00. The number of rotatable bonds is 7. The number of nitrogens with one attached hydrogen (secondary N) is 1. The molecular formula is C20H25N7O. The van der Waals surface area contributed by atoms with Gasteiger partial charge in [-0.05, 0) is 24.8 Å². The molecular weight excluding hydrogens is 354 g/mol. The molecule has 0 bridgehead atoms. The predicted octanol–water partition coefficient (Wildman–Crippen LogP) is 1.88. The van der Waals surface area contributed by atoms with Crippen LogP contribution >= 0.6 is 0 Å². The molecule has 0 atom stereocenters. The average Bonchev–Trinajstić information content (AvgIpc) is 3.20. The minimum atomic E-state index is -0.196. The van der Waals surface area contributed by atoms with E-state index in [1.165, 1.54) is 5.56 Å². The van der Waals surface area contributed by atoms with Gasteiger partial charge in [0, 0.05) is 25.7 Å². The molecule has 28 heavy (non-hydrogen) atoms. The van der Waals surface area contributed by atoms with Gasteiger partial charge in [0.1, 0.15) is 24.3 Å². The van der Waals surface area contributed by atoms with Crippen molar-refractivity contribution in [1.29, 1.82) is 0 Å². The lowest BCUT2D eigenvalue weighted by molar-refractivity contribution is 0.145. The summed E-state index contributed by atoms with van der Waals surface area (Å²) in [6, 6.07) is 12.3. The summed E-state index contributed by atoms with van der Waals surface area (Å²) in [7, 11) is 0. The van der Waals surface area contributed by atoms with Crippen LogP contribution in [-0.4, -0.2) is 49.0 Å². The molecule has 3 heterocycles. The number of benzene rings is 1. The maximum absolute atomic E-state index is 9.67. The fourth-order valence-electron chi connectivity index (χ4n) is 3.38. The van der Waals surface area contributed by atoms with E-state index >= 15 is 0 Å². The zero-order valence-corrected chi connectivity index (χ0v) is 15.8. The predicted molar refractivity (Wildman–Crippen MR) is 107 cm³/mol. The highest BCUT2D eigenvalue weighted by Gasteiger charge is 2.18. The Hall–Kier alpha value is -3.00. The molecule has 1 aliphatic rings. The summed E-state index contributed by atoms with van der Waals surface area (Å²) in [5, 5.41) is 21.3. The van der Waals surface area contributed by atoms with E-state index in [1.54, 1.807) is 12.7 Å². The second kappa shape index (κ2) is 8.79. The van der Waals surface area contributed by atoms with E-state index in [0.29, 0.717) is 6.54 Å². The number of aromatic nitrogens is 5. The van der Waals surface area contributed by atoms with Crippen molar-refractivity contribution in [2.75, 3.05) is 23.3 Å². The van der Waals surface area contributed by atoms with Crippen molar-refractivity contribution < 1.29 is 5.11 Å². The van der Waals surface area contributed by atoms with Crippen LogP contribution in [0.4, 0.5) is 11.6 Å². The highest BCUT2D eigenvalue weighted by atomic mass is 16.3. The number of anilines is 2. The van der Waals surface area contributed by atoms with Gasteiger partial charge < -0.3 is 19.9 Å². The van der Waals surface area contributed by atoms with Crippen molar-refractivity contribution >= 4 is 11.6 Å². The van der Waals surface area contributed by atoms with E-state index in [2.05, 4.69) is 59.2 Å². The Morgan fingerprint density at radius 3 is 2.75 bits per heavy atom. The quantitative estimate of drug-likeness (QED) is 0.647. The molecule has 1 aliphatic heterocycles. The Balaban J connectivity index is 1.35. The topological polar surface area (TPSA) is 92.0 Å². The van der Waals surface area contributed by atoms with Gasteiger partial charge in [0.2, 0.25) is 0 Å². The van der Waals surface area contributed by atoms with Crippen LogP contribution in [0, 0.1) is 0 Å². The molecule has 2 aromatic heterocycles. The minimum Gasteiger partial charge on any atom is -0.393 e. The van der Waals surface area contributed by atoms with E-state index in [0.717, 1.165) is 56.4 Å². The average molecular weight is 379 g/mol. The van der Waals surface area contributed by atoms with Gasteiger partial charge in [-0.15, -0.1) is 10.2 Å². The monoisotopic (exact) mass is 379 g/mol. The first-order valence-corrected chi connectivity index (χ1v) is 9.67. The van der Waals surface area contributed by atoms with Gasteiger partial charge >= 0.3 is 0 Å². The van der Waals surface area contributed by atoms with Gasteiger partial charge in [0.15, 0.2) is 5.82 Å². The van der Waals surface area contributed by atoms with Crippen LogP contribution < -0.4 is 10.2 Å². The highest BCUT2D eigenvalue weighted by Crippen LogP contribution is 2.19. The first-order chi connectivity index (χ1) is 13.8. The summed E-state index contributed by atoms with van der Waals surface area (Å²) < 4.78 is 2.06. The molecule has 146 valence electrons. The van der Waals surface area contributed by atoms with Crippen LogP contribution in [0.2, 0.25) is 0 Å². The van der Waals surface area contributed by atoms with Gasteiger partial charge in [-0.25, -0.2) is 9.97 Å². The number of nitrogens with zero attached hydrogens (tertiary/aromatic N) is 6. The summed E-state index contributed by atoms with van der Waals surface area (Å²) in [5.74, 6) is 2.51. The van der Waals surface area contributed by atoms with Crippen LogP contribution in [0.1, 0.15) is 24.2 Å². The maximum atomic E-state index is 9.67. The van der Waals surface area contributed by atoms with Gasteiger partial charge in [-0.2, -0.15) is 0 Å². The lowest BCUT2D eigenvalue weighted by Crippen LogP contribution is -2.36.